The van der Waals surface area contributed by atoms with Gasteiger partial charge in [0, 0.05) is 32.8 Å². The Morgan fingerprint density at radius 1 is 1.25 bits per heavy atom. The lowest BCUT2D eigenvalue weighted by atomic mass is 10.0. The van der Waals surface area contributed by atoms with Gasteiger partial charge in [-0.05, 0) is 43.2 Å². The van der Waals surface area contributed by atoms with Crippen LogP contribution in [-0.2, 0) is 4.74 Å². The van der Waals surface area contributed by atoms with Gasteiger partial charge in [0.1, 0.15) is 17.3 Å². The summed E-state index contributed by atoms with van der Waals surface area (Å²) in [6.07, 6.45) is 0.0843. The molecule has 2 atom stereocenters. The number of methoxy groups -OCH3 is 2. The van der Waals surface area contributed by atoms with E-state index in [4.69, 9.17) is 41.4 Å². The van der Waals surface area contributed by atoms with Crippen molar-refractivity contribution in [2.75, 3.05) is 46.2 Å². The van der Waals surface area contributed by atoms with Gasteiger partial charge in [-0.3, -0.25) is 4.79 Å². The Balaban J connectivity index is 0.00000106. The van der Waals surface area contributed by atoms with E-state index in [2.05, 4.69) is 16.0 Å². The number of benzene rings is 2. The number of rotatable bonds is 9. The molecule has 0 aliphatic carbocycles. The molecule has 0 saturated carbocycles. The molecule has 0 spiro atoms. The van der Waals surface area contributed by atoms with Crippen LogP contribution in [0.2, 0.25) is 5.02 Å². The summed E-state index contributed by atoms with van der Waals surface area (Å²) in [7, 11) is 3.13. The van der Waals surface area contributed by atoms with Crippen molar-refractivity contribution in [2.24, 2.45) is 5.73 Å². The lowest BCUT2D eigenvalue weighted by molar-refractivity contribution is 0.00527. The van der Waals surface area contributed by atoms with Crippen molar-refractivity contribution in [1.82, 2.24) is 10.2 Å². The van der Waals surface area contributed by atoms with Crippen LogP contribution in [-0.4, -0.2) is 74.6 Å². The summed E-state index contributed by atoms with van der Waals surface area (Å²) in [4.78, 5) is 23.9. The van der Waals surface area contributed by atoms with Gasteiger partial charge in [0.05, 0.1) is 42.1 Å². The Morgan fingerprint density at radius 3 is 2.53 bits per heavy atom. The highest BCUT2D eigenvalue weighted by atomic mass is 35.5. The van der Waals surface area contributed by atoms with E-state index in [0.717, 1.165) is 25.9 Å². The van der Waals surface area contributed by atoms with Crippen molar-refractivity contribution >= 4 is 29.3 Å². The van der Waals surface area contributed by atoms with Crippen molar-refractivity contribution in [1.29, 1.82) is 0 Å². The molecule has 1 aliphatic rings. The number of carbonyl (C=O) groups excluding carboxylic acids is 1. The first kappa shape index (κ1) is 29.0. The van der Waals surface area contributed by atoms with Crippen LogP contribution in [0.3, 0.4) is 0 Å². The molecular weight excluding hydrogens is 495 g/mol. The van der Waals surface area contributed by atoms with E-state index in [-0.39, 0.29) is 23.9 Å². The average Bonchev–Trinajstić information content (AvgIpc) is 2.84. The Morgan fingerprint density at radius 2 is 1.92 bits per heavy atom. The fourth-order valence-electron chi connectivity index (χ4n) is 3.76. The SMILES string of the molecule is COc1cc(N)c(Cl)cc1C(=O)NC1CCN(CCCOc2ccc(F)cc2)CC1OC.NC(=O)O. The normalized spacial score (nSPS) is 17.4. The van der Waals surface area contributed by atoms with Crippen LogP contribution in [0.1, 0.15) is 23.2 Å². The number of anilines is 1. The number of nitrogens with one attached hydrogen (secondary N) is 1. The van der Waals surface area contributed by atoms with E-state index < -0.39 is 6.09 Å². The molecule has 2 aromatic rings. The van der Waals surface area contributed by atoms with Crippen LogP contribution in [0.4, 0.5) is 14.9 Å². The summed E-state index contributed by atoms with van der Waals surface area (Å²) in [5.74, 6) is 0.463. The molecule has 3 rings (SSSR count). The number of carboxylic acid groups (broad SMARTS) is 1. The first-order valence-electron chi connectivity index (χ1n) is 11.2. The molecule has 10 nitrogen and oxygen atoms in total. The number of ether oxygens (including phenoxy) is 3. The van der Waals surface area contributed by atoms with E-state index in [1.54, 1.807) is 25.3 Å². The number of nitrogens with zero attached hydrogens (tertiary/aromatic N) is 1. The Bertz CT molecular complexity index is 1010. The number of nitrogen functional groups attached to an aromatic ring is 1. The van der Waals surface area contributed by atoms with Crippen LogP contribution in [0.5, 0.6) is 11.5 Å². The Hall–Kier alpha value is -3.28. The second-order valence-corrected chi connectivity index (χ2v) is 8.42. The fourth-order valence-corrected chi connectivity index (χ4v) is 3.92. The average molecular weight is 527 g/mol. The van der Waals surface area contributed by atoms with Crippen molar-refractivity contribution in [3.63, 3.8) is 0 Å². The second kappa shape index (κ2) is 14.3. The van der Waals surface area contributed by atoms with E-state index in [0.29, 0.717) is 40.9 Å². The number of halogens is 2. The van der Waals surface area contributed by atoms with Crippen LogP contribution >= 0.6 is 11.6 Å². The maximum atomic E-state index is 12.9. The third-order valence-electron chi connectivity index (χ3n) is 5.53. The Kier molecular flexibility index (Phi) is 11.5. The van der Waals surface area contributed by atoms with E-state index in [1.807, 2.05) is 0 Å². The highest BCUT2D eigenvalue weighted by Crippen LogP contribution is 2.29. The van der Waals surface area contributed by atoms with Gasteiger partial charge in [-0.1, -0.05) is 11.6 Å². The number of nitrogens with two attached hydrogens (primary N) is 2. The van der Waals surface area contributed by atoms with Crippen molar-refractivity contribution in [2.45, 2.75) is 25.0 Å². The zero-order valence-electron chi connectivity index (χ0n) is 20.2. The molecule has 0 radical (unpaired) electrons. The standard InChI is InChI=1S/C23H29ClFN3O4.CH3NO2/c1-30-21-13-19(26)18(24)12-17(21)23(29)27-20-8-10-28(14-22(20)31-2)9-3-11-32-16-6-4-15(25)5-7-16;2-1(3)4/h4-7,12-13,20,22H,3,8-11,14,26H2,1-2H3,(H,27,29);2H2,(H,3,4). The molecule has 2 aromatic carbocycles. The second-order valence-electron chi connectivity index (χ2n) is 8.01. The topological polar surface area (TPSA) is 149 Å². The van der Waals surface area contributed by atoms with Gasteiger partial charge in [-0.2, -0.15) is 0 Å². The van der Waals surface area contributed by atoms with Crippen molar-refractivity contribution in [3.05, 3.63) is 52.8 Å². The lowest BCUT2D eigenvalue weighted by Gasteiger charge is -2.38. The van der Waals surface area contributed by atoms with E-state index >= 15 is 0 Å². The van der Waals surface area contributed by atoms with Gasteiger partial charge < -0.3 is 41.0 Å². The third kappa shape index (κ3) is 9.06. The first-order chi connectivity index (χ1) is 17.1. The number of carbonyl (C=O) groups is 2. The molecule has 2 unspecified atom stereocenters. The molecule has 0 aromatic heterocycles. The number of piperidine rings is 1. The number of amides is 2. The van der Waals surface area contributed by atoms with Crippen LogP contribution in [0, 0.1) is 5.82 Å². The highest BCUT2D eigenvalue weighted by Gasteiger charge is 2.31. The van der Waals surface area contributed by atoms with Gasteiger partial charge >= 0.3 is 6.09 Å². The first-order valence-corrected chi connectivity index (χ1v) is 11.6. The van der Waals surface area contributed by atoms with Gasteiger partial charge in [-0.25, -0.2) is 9.18 Å². The lowest BCUT2D eigenvalue weighted by Crippen LogP contribution is -2.55. The monoisotopic (exact) mass is 526 g/mol. The molecule has 198 valence electrons. The van der Waals surface area contributed by atoms with Crippen molar-refractivity contribution < 1.29 is 33.3 Å². The minimum Gasteiger partial charge on any atom is -0.496 e. The molecule has 36 heavy (non-hydrogen) atoms. The predicted octanol–water partition coefficient (Wildman–Crippen LogP) is 2.98. The smallest absolute Gasteiger partial charge is 0.402 e. The van der Waals surface area contributed by atoms with E-state index in [1.165, 1.54) is 25.3 Å². The molecule has 1 saturated heterocycles. The molecule has 12 heteroatoms. The molecule has 6 N–H and O–H groups in total. The molecule has 2 amide bonds. The largest absolute Gasteiger partial charge is 0.496 e. The molecule has 1 heterocycles. The summed E-state index contributed by atoms with van der Waals surface area (Å²) >= 11 is 6.09. The van der Waals surface area contributed by atoms with Crippen LogP contribution in [0.25, 0.3) is 0 Å². The number of hydrogen-bond acceptors (Lipinski definition) is 7. The molecule has 0 bridgehead atoms. The summed E-state index contributed by atoms with van der Waals surface area (Å²) in [5, 5.41) is 10.5. The fraction of sp³-hybridized carbons (Fsp3) is 0.417. The minimum atomic E-state index is -1.33. The summed E-state index contributed by atoms with van der Waals surface area (Å²) in [6.45, 7) is 2.89. The summed E-state index contributed by atoms with van der Waals surface area (Å²) < 4.78 is 29.5. The van der Waals surface area contributed by atoms with Gasteiger partial charge in [0.15, 0.2) is 0 Å². The quantitative estimate of drug-likeness (QED) is 0.288. The van der Waals surface area contributed by atoms with Gasteiger partial charge in [0.25, 0.3) is 5.91 Å². The van der Waals surface area contributed by atoms with E-state index in [9.17, 15) is 9.18 Å². The Labute approximate surface area is 214 Å². The summed E-state index contributed by atoms with van der Waals surface area (Å²) in [6, 6.07) is 8.92. The number of hydrogen-bond donors (Lipinski definition) is 4. The third-order valence-corrected chi connectivity index (χ3v) is 5.85. The molecule has 1 aliphatic heterocycles. The molecular formula is C24H32ClFN4O6. The van der Waals surface area contributed by atoms with Crippen molar-refractivity contribution in [3.8, 4) is 11.5 Å². The number of likely N-dealkylation sites (tertiary alicyclic amines) is 1. The predicted molar refractivity (Wildman–Crippen MR) is 134 cm³/mol. The molecule has 1 fully saturated rings. The maximum absolute atomic E-state index is 12.9. The van der Waals surface area contributed by atoms with Crippen LogP contribution < -0.4 is 26.3 Å². The highest BCUT2D eigenvalue weighted by molar-refractivity contribution is 6.33. The van der Waals surface area contributed by atoms with Gasteiger partial charge in [0.2, 0.25) is 0 Å². The summed E-state index contributed by atoms with van der Waals surface area (Å²) in [5.41, 5.74) is 10.5. The van der Waals surface area contributed by atoms with Crippen LogP contribution in [0.15, 0.2) is 36.4 Å². The maximum Gasteiger partial charge on any atom is 0.402 e. The zero-order chi connectivity index (χ0) is 26.7. The number of primary amides is 1. The van der Waals surface area contributed by atoms with Gasteiger partial charge in [-0.15, -0.1) is 0 Å². The zero-order valence-corrected chi connectivity index (χ0v) is 21.0. The minimum absolute atomic E-state index is 0.139.